The molecule has 0 saturated carbocycles. The number of aliphatic hydroxyl groups excluding tert-OH is 1. The first-order valence-electron chi connectivity index (χ1n) is 6.78. The molecule has 0 amide bonds. The van der Waals surface area contributed by atoms with E-state index in [1.807, 2.05) is 0 Å². The highest BCUT2D eigenvalue weighted by atomic mass is 19.2. The summed E-state index contributed by atoms with van der Waals surface area (Å²) in [5, 5.41) is 24.7. The number of aliphatic hydroxyl groups is 1. The van der Waals surface area contributed by atoms with E-state index in [1.54, 1.807) is 6.92 Å². The predicted octanol–water partition coefficient (Wildman–Crippen LogP) is 2.36. The molecule has 0 fully saturated rings. The SMILES string of the molecule is CCNN=CC(C(=O)OC)=C(O)c1c(F)c(C)c(F)c(F)c1[N+](=O)[O-]. The van der Waals surface area contributed by atoms with Crippen LogP contribution in [-0.4, -0.2) is 35.9 Å². The van der Waals surface area contributed by atoms with E-state index in [2.05, 4.69) is 15.3 Å². The number of halogens is 3. The number of hydrogen-bond acceptors (Lipinski definition) is 7. The van der Waals surface area contributed by atoms with E-state index in [9.17, 15) is 33.2 Å². The van der Waals surface area contributed by atoms with Gasteiger partial charge in [-0.2, -0.15) is 9.49 Å². The summed E-state index contributed by atoms with van der Waals surface area (Å²) in [5.74, 6) is -7.89. The van der Waals surface area contributed by atoms with Crippen molar-refractivity contribution in [2.24, 2.45) is 5.10 Å². The van der Waals surface area contributed by atoms with E-state index in [0.29, 0.717) is 12.8 Å². The van der Waals surface area contributed by atoms with E-state index >= 15 is 0 Å². The van der Waals surface area contributed by atoms with Gasteiger partial charge < -0.3 is 15.3 Å². The molecule has 8 nitrogen and oxygen atoms in total. The van der Waals surface area contributed by atoms with Gasteiger partial charge in [0.1, 0.15) is 22.7 Å². The maximum Gasteiger partial charge on any atom is 0.343 e. The first-order chi connectivity index (χ1) is 11.7. The summed E-state index contributed by atoms with van der Waals surface area (Å²) >= 11 is 0. The molecule has 11 heteroatoms. The average Bonchev–Trinajstić information content (AvgIpc) is 2.58. The lowest BCUT2D eigenvalue weighted by Gasteiger charge is -2.10. The molecule has 0 saturated heterocycles. The second-order valence-corrected chi connectivity index (χ2v) is 4.57. The van der Waals surface area contributed by atoms with Crippen LogP contribution >= 0.6 is 0 Å². The third kappa shape index (κ3) is 3.87. The molecule has 0 aromatic heterocycles. The zero-order valence-electron chi connectivity index (χ0n) is 13.4. The molecule has 0 spiro atoms. The second-order valence-electron chi connectivity index (χ2n) is 4.57. The minimum atomic E-state index is -1.97. The van der Waals surface area contributed by atoms with Gasteiger partial charge in [0.05, 0.1) is 18.2 Å². The minimum Gasteiger partial charge on any atom is -0.506 e. The number of ether oxygens (including phenoxy) is 1. The van der Waals surface area contributed by atoms with Crippen molar-refractivity contribution < 1.29 is 32.7 Å². The Balaban J connectivity index is 3.86. The highest BCUT2D eigenvalue weighted by Crippen LogP contribution is 2.35. The van der Waals surface area contributed by atoms with Crippen LogP contribution in [0.4, 0.5) is 18.9 Å². The van der Waals surface area contributed by atoms with Crippen molar-refractivity contribution in [2.75, 3.05) is 13.7 Å². The number of methoxy groups -OCH3 is 1. The molecular weight excluding hydrogens is 347 g/mol. The van der Waals surface area contributed by atoms with Crippen LogP contribution in [-0.2, 0) is 9.53 Å². The Bertz CT molecular complexity index is 778. The van der Waals surface area contributed by atoms with Gasteiger partial charge in [0.2, 0.25) is 5.82 Å². The number of nitrogens with zero attached hydrogens (tertiary/aromatic N) is 2. The third-order valence-electron chi connectivity index (χ3n) is 3.04. The number of hydrogen-bond donors (Lipinski definition) is 2. The first-order valence-corrected chi connectivity index (χ1v) is 6.78. The van der Waals surface area contributed by atoms with E-state index in [4.69, 9.17) is 0 Å². The zero-order chi connectivity index (χ0) is 19.3. The molecule has 1 aromatic rings. The fourth-order valence-corrected chi connectivity index (χ4v) is 1.81. The van der Waals surface area contributed by atoms with E-state index in [0.717, 1.165) is 14.0 Å². The second kappa shape index (κ2) is 8.13. The number of esters is 1. The van der Waals surface area contributed by atoms with Crippen LogP contribution in [0.5, 0.6) is 0 Å². The van der Waals surface area contributed by atoms with Crippen LogP contribution in [0.25, 0.3) is 5.76 Å². The number of hydrazone groups is 1. The van der Waals surface area contributed by atoms with Crippen LogP contribution < -0.4 is 5.43 Å². The molecule has 0 aliphatic rings. The van der Waals surface area contributed by atoms with Crippen molar-refractivity contribution in [2.45, 2.75) is 13.8 Å². The average molecular weight is 361 g/mol. The van der Waals surface area contributed by atoms with Gasteiger partial charge in [0, 0.05) is 12.1 Å². The van der Waals surface area contributed by atoms with Crippen LogP contribution in [0.1, 0.15) is 18.1 Å². The number of carbonyl (C=O) groups excluding carboxylic acids is 1. The summed E-state index contributed by atoms with van der Waals surface area (Å²) in [5.41, 5.74) is -2.24. The van der Waals surface area contributed by atoms with E-state index in [-0.39, 0.29) is 0 Å². The van der Waals surface area contributed by atoms with Gasteiger partial charge in [-0.05, 0) is 13.8 Å². The van der Waals surface area contributed by atoms with Gasteiger partial charge >= 0.3 is 11.7 Å². The molecule has 0 heterocycles. The Labute approximate surface area is 139 Å². The van der Waals surface area contributed by atoms with Crippen molar-refractivity contribution in [3.8, 4) is 0 Å². The van der Waals surface area contributed by atoms with Crippen LogP contribution in [0.15, 0.2) is 10.7 Å². The molecule has 0 radical (unpaired) electrons. The molecule has 25 heavy (non-hydrogen) atoms. The molecule has 136 valence electrons. The summed E-state index contributed by atoms with van der Waals surface area (Å²) in [4.78, 5) is 21.3. The van der Waals surface area contributed by atoms with Crippen molar-refractivity contribution >= 4 is 23.6 Å². The lowest BCUT2D eigenvalue weighted by atomic mass is 10.0. The third-order valence-corrected chi connectivity index (χ3v) is 3.04. The number of nitrogens with one attached hydrogen (secondary N) is 1. The van der Waals surface area contributed by atoms with E-state index < -0.39 is 56.5 Å². The van der Waals surface area contributed by atoms with Crippen LogP contribution in [0.3, 0.4) is 0 Å². The first kappa shape index (κ1) is 19.9. The van der Waals surface area contributed by atoms with Crippen molar-refractivity contribution in [1.29, 1.82) is 0 Å². The Hall–Kier alpha value is -3.11. The molecule has 0 atom stereocenters. The maximum atomic E-state index is 14.3. The molecule has 0 aliphatic heterocycles. The van der Waals surface area contributed by atoms with Crippen molar-refractivity contribution in [3.05, 3.63) is 44.3 Å². The van der Waals surface area contributed by atoms with Crippen molar-refractivity contribution in [1.82, 2.24) is 5.43 Å². The fourth-order valence-electron chi connectivity index (χ4n) is 1.81. The van der Waals surface area contributed by atoms with Gasteiger partial charge in [-0.3, -0.25) is 10.1 Å². The minimum absolute atomic E-state index is 0.324. The predicted molar refractivity (Wildman–Crippen MR) is 81.4 cm³/mol. The lowest BCUT2D eigenvalue weighted by molar-refractivity contribution is -0.388. The highest BCUT2D eigenvalue weighted by molar-refractivity contribution is 6.15. The molecule has 1 aromatic carbocycles. The quantitative estimate of drug-likeness (QED) is 0.153. The summed E-state index contributed by atoms with van der Waals surface area (Å²) in [6, 6.07) is 0. The number of rotatable bonds is 6. The Morgan fingerprint density at radius 1 is 1.36 bits per heavy atom. The summed E-state index contributed by atoms with van der Waals surface area (Å²) in [6.07, 6.45) is 0.713. The van der Waals surface area contributed by atoms with Gasteiger partial charge in [0.15, 0.2) is 5.82 Å². The number of nitro benzene ring substituents is 1. The Kier molecular flexibility index (Phi) is 6.48. The standard InChI is InChI=1S/C14H14F3N3O5/c1-4-18-19-5-7(14(22)25-3)13(21)8-9(15)6(2)10(16)11(17)12(8)20(23)24/h5,18,21H,4H2,1-3H3. The largest absolute Gasteiger partial charge is 0.506 e. The lowest BCUT2D eigenvalue weighted by Crippen LogP contribution is -2.14. The van der Waals surface area contributed by atoms with E-state index in [1.165, 1.54) is 0 Å². The number of nitro groups is 1. The molecule has 0 unspecified atom stereocenters. The summed E-state index contributed by atoms with van der Waals surface area (Å²) in [7, 11) is 0.929. The fraction of sp³-hybridized carbons (Fsp3) is 0.286. The molecule has 0 bridgehead atoms. The van der Waals surface area contributed by atoms with Gasteiger partial charge in [-0.1, -0.05) is 0 Å². The van der Waals surface area contributed by atoms with Gasteiger partial charge in [-0.15, -0.1) is 0 Å². The summed E-state index contributed by atoms with van der Waals surface area (Å²) in [6.45, 7) is 2.80. The molecule has 2 N–H and O–H groups in total. The van der Waals surface area contributed by atoms with Crippen molar-refractivity contribution in [3.63, 3.8) is 0 Å². The number of benzene rings is 1. The van der Waals surface area contributed by atoms with Gasteiger partial charge in [-0.25, -0.2) is 13.6 Å². The molecule has 1 rings (SSSR count). The van der Waals surface area contributed by atoms with Gasteiger partial charge in [0.25, 0.3) is 0 Å². The smallest absolute Gasteiger partial charge is 0.343 e. The monoisotopic (exact) mass is 361 g/mol. The summed E-state index contributed by atoms with van der Waals surface area (Å²) < 4.78 is 46.2. The maximum absolute atomic E-state index is 14.3. The Morgan fingerprint density at radius 3 is 2.44 bits per heavy atom. The zero-order valence-corrected chi connectivity index (χ0v) is 13.4. The van der Waals surface area contributed by atoms with Crippen LogP contribution in [0, 0.1) is 34.5 Å². The van der Waals surface area contributed by atoms with Crippen LogP contribution in [0.2, 0.25) is 0 Å². The molecule has 0 aliphatic carbocycles. The highest BCUT2D eigenvalue weighted by Gasteiger charge is 2.35. The topological polar surface area (TPSA) is 114 Å². The molecular formula is C14H14F3N3O5. The Morgan fingerprint density at radius 2 is 1.96 bits per heavy atom. The number of carbonyl (C=O) groups is 1. The normalized spacial score (nSPS) is 12.1.